The highest BCUT2D eigenvalue weighted by atomic mass is 16.2. The second-order valence-corrected chi connectivity index (χ2v) is 8.30. The number of hydrogen-bond donors (Lipinski definition) is 1. The van der Waals surface area contributed by atoms with E-state index >= 15 is 0 Å². The zero-order chi connectivity index (χ0) is 22.1. The van der Waals surface area contributed by atoms with Gasteiger partial charge < -0.3 is 5.32 Å². The molecular weight excluding hydrogens is 398 g/mol. The summed E-state index contributed by atoms with van der Waals surface area (Å²) in [6.07, 6.45) is 20.6. The van der Waals surface area contributed by atoms with Gasteiger partial charge in [-0.05, 0) is 55.7 Å². The summed E-state index contributed by atoms with van der Waals surface area (Å²) in [6, 6.07) is 2.03. The molecule has 1 amide bonds. The lowest BCUT2D eigenvalue weighted by atomic mass is 9.97. The lowest BCUT2D eigenvalue weighted by Gasteiger charge is -2.26. The molecule has 32 heavy (non-hydrogen) atoms. The first-order valence-corrected chi connectivity index (χ1v) is 11.2. The van der Waals surface area contributed by atoms with Gasteiger partial charge in [-0.2, -0.15) is 5.10 Å². The van der Waals surface area contributed by atoms with Crippen molar-refractivity contribution in [1.29, 1.82) is 0 Å². The van der Waals surface area contributed by atoms with E-state index in [9.17, 15) is 4.79 Å². The molecule has 2 aromatic heterocycles. The van der Waals surface area contributed by atoms with Crippen LogP contribution < -0.4 is 5.32 Å². The fourth-order valence-corrected chi connectivity index (χ4v) is 4.32. The summed E-state index contributed by atoms with van der Waals surface area (Å²) in [7, 11) is 0. The largest absolute Gasteiger partial charge is 0.313 e. The predicted octanol–water partition coefficient (Wildman–Crippen LogP) is 4.03. The van der Waals surface area contributed by atoms with Crippen molar-refractivity contribution in [2.75, 3.05) is 13.1 Å². The number of amides is 1. The average Bonchev–Trinajstić information content (AvgIpc) is 3.22. The molecule has 0 saturated carbocycles. The minimum Gasteiger partial charge on any atom is -0.313 e. The number of hydrogen-bond acceptors (Lipinski definition) is 4. The molecule has 162 valence electrons. The van der Waals surface area contributed by atoms with Gasteiger partial charge in [-0.15, -0.1) is 0 Å². The van der Waals surface area contributed by atoms with Crippen molar-refractivity contribution in [2.24, 2.45) is 0 Å². The van der Waals surface area contributed by atoms with Crippen molar-refractivity contribution in [3.05, 3.63) is 94.9 Å². The third kappa shape index (κ3) is 3.89. The van der Waals surface area contributed by atoms with Crippen molar-refractivity contribution >= 4 is 17.0 Å². The van der Waals surface area contributed by atoms with E-state index in [4.69, 9.17) is 10.1 Å². The zero-order valence-electron chi connectivity index (χ0n) is 18.5. The molecule has 3 aliphatic heterocycles. The van der Waals surface area contributed by atoms with Crippen LogP contribution in [0.2, 0.25) is 0 Å². The highest BCUT2D eigenvalue weighted by molar-refractivity contribution is 5.99. The van der Waals surface area contributed by atoms with Crippen molar-refractivity contribution < 1.29 is 4.79 Å². The molecule has 6 nitrogen and oxygen atoms in total. The van der Waals surface area contributed by atoms with Crippen LogP contribution in [0.4, 0.5) is 0 Å². The quantitative estimate of drug-likeness (QED) is 0.803. The standard InChI is InChI=1S/C26H27N5O/c1-3-5-23-25-15-24(29-31(25)16-18(2)28-23)20-6-4-7-22-9-8-21(17-30(22)26(32)14-20)19-10-12-27-13-11-19/h4,6-10,14-17,27H,3,5,11-13H2,1-2H3/b6-4?,20-14?,22-7+. The molecular formula is C26H27N5O. The van der Waals surface area contributed by atoms with Gasteiger partial charge in [0.25, 0.3) is 5.91 Å². The monoisotopic (exact) mass is 425 g/mol. The number of nitrogens with one attached hydrogen (secondary N) is 1. The van der Waals surface area contributed by atoms with Gasteiger partial charge in [0.15, 0.2) is 0 Å². The Morgan fingerprint density at radius 2 is 2.09 bits per heavy atom. The first-order valence-electron chi connectivity index (χ1n) is 11.2. The van der Waals surface area contributed by atoms with E-state index in [1.807, 2.05) is 54.2 Å². The second kappa shape index (κ2) is 8.55. The molecule has 0 unspecified atom stereocenters. The van der Waals surface area contributed by atoms with E-state index in [1.165, 1.54) is 5.57 Å². The molecule has 5 heterocycles. The van der Waals surface area contributed by atoms with Gasteiger partial charge in [0.2, 0.25) is 0 Å². The molecule has 0 spiro atoms. The number of nitrogens with zero attached hydrogens (tertiary/aromatic N) is 4. The second-order valence-electron chi connectivity index (χ2n) is 8.30. The number of fused-ring (bicyclic) bond motifs is 2. The number of carbonyl (C=O) groups is 1. The third-order valence-corrected chi connectivity index (χ3v) is 5.91. The molecule has 5 rings (SSSR count). The van der Waals surface area contributed by atoms with E-state index in [0.29, 0.717) is 0 Å². The SMILES string of the molecule is CCCc1nc(C)cn2nc(C3=CC(=O)N4C=C(C5=CCNCC5)C=C/C4=C\C=C3)cc12. The molecule has 0 radical (unpaired) electrons. The Morgan fingerprint density at radius 3 is 2.91 bits per heavy atom. The Balaban J connectivity index is 1.52. The zero-order valence-corrected chi connectivity index (χ0v) is 18.5. The van der Waals surface area contributed by atoms with E-state index < -0.39 is 0 Å². The van der Waals surface area contributed by atoms with Crippen LogP contribution in [0, 0.1) is 6.92 Å². The Morgan fingerprint density at radius 1 is 1.19 bits per heavy atom. The topological polar surface area (TPSA) is 62.5 Å². The molecule has 0 bridgehead atoms. The van der Waals surface area contributed by atoms with E-state index in [2.05, 4.69) is 24.4 Å². The lowest BCUT2D eigenvalue weighted by molar-refractivity contribution is -0.122. The van der Waals surface area contributed by atoms with E-state index in [0.717, 1.165) is 71.8 Å². The number of allylic oxidation sites excluding steroid dienone is 7. The summed E-state index contributed by atoms with van der Waals surface area (Å²) in [5, 5.41) is 8.10. The Bertz CT molecular complexity index is 1270. The maximum atomic E-state index is 13.3. The lowest BCUT2D eigenvalue weighted by Crippen LogP contribution is -2.27. The highest BCUT2D eigenvalue weighted by Crippen LogP contribution is 2.28. The van der Waals surface area contributed by atoms with Crippen molar-refractivity contribution in [2.45, 2.75) is 33.1 Å². The minimum atomic E-state index is -0.0767. The average molecular weight is 426 g/mol. The summed E-state index contributed by atoms with van der Waals surface area (Å²) in [5.74, 6) is -0.0767. The molecule has 3 aliphatic rings. The Kier molecular flexibility index (Phi) is 5.45. The third-order valence-electron chi connectivity index (χ3n) is 5.91. The summed E-state index contributed by atoms with van der Waals surface area (Å²) >= 11 is 0. The van der Waals surface area contributed by atoms with Gasteiger partial charge in [0.05, 0.1) is 28.8 Å². The Hall–Kier alpha value is -3.51. The fourth-order valence-electron chi connectivity index (χ4n) is 4.32. The maximum Gasteiger partial charge on any atom is 0.255 e. The summed E-state index contributed by atoms with van der Waals surface area (Å²) in [5.41, 5.74) is 7.77. The molecule has 0 aliphatic carbocycles. The number of rotatable bonds is 4. The van der Waals surface area contributed by atoms with Gasteiger partial charge in [-0.3, -0.25) is 14.7 Å². The maximum absolute atomic E-state index is 13.3. The summed E-state index contributed by atoms with van der Waals surface area (Å²) < 4.78 is 1.88. The van der Waals surface area contributed by atoms with Gasteiger partial charge in [0, 0.05) is 30.1 Å². The first-order chi connectivity index (χ1) is 15.6. The number of aryl methyl sites for hydroxylation is 2. The summed E-state index contributed by atoms with van der Waals surface area (Å²) in [6.45, 7) is 5.96. The van der Waals surface area contributed by atoms with Crippen LogP contribution in [0.15, 0.2) is 77.8 Å². The normalized spacial score (nSPS) is 20.2. The van der Waals surface area contributed by atoms with Gasteiger partial charge in [0.1, 0.15) is 0 Å². The van der Waals surface area contributed by atoms with Gasteiger partial charge >= 0.3 is 0 Å². The number of aromatic nitrogens is 3. The van der Waals surface area contributed by atoms with Crippen LogP contribution in [0.3, 0.4) is 0 Å². The van der Waals surface area contributed by atoms with Crippen molar-refractivity contribution in [3.8, 4) is 0 Å². The predicted molar refractivity (Wildman–Crippen MR) is 127 cm³/mol. The molecule has 1 N–H and O–H groups in total. The van der Waals surface area contributed by atoms with Crippen molar-refractivity contribution in [1.82, 2.24) is 24.8 Å². The van der Waals surface area contributed by atoms with E-state index in [1.54, 1.807) is 11.0 Å². The van der Waals surface area contributed by atoms with Crippen LogP contribution in [-0.2, 0) is 11.2 Å². The minimum absolute atomic E-state index is 0.0767. The smallest absolute Gasteiger partial charge is 0.255 e. The Labute approximate surface area is 188 Å². The van der Waals surface area contributed by atoms with Gasteiger partial charge in [-0.1, -0.05) is 37.6 Å². The molecule has 0 aromatic carbocycles. The molecule has 0 fully saturated rings. The van der Waals surface area contributed by atoms with Crippen LogP contribution in [0.5, 0.6) is 0 Å². The van der Waals surface area contributed by atoms with Crippen LogP contribution in [0.1, 0.15) is 36.8 Å². The van der Waals surface area contributed by atoms with Gasteiger partial charge in [-0.25, -0.2) is 4.52 Å². The van der Waals surface area contributed by atoms with Crippen LogP contribution >= 0.6 is 0 Å². The van der Waals surface area contributed by atoms with Crippen molar-refractivity contribution in [3.63, 3.8) is 0 Å². The number of carbonyl (C=O) groups excluding carboxylic acids is 1. The molecule has 6 heteroatoms. The molecule has 2 aromatic rings. The van der Waals surface area contributed by atoms with Crippen LogP contribution in [-0.4, -0.2) is 38.5 Å². The van der Waals surface area contributed by atoms with Crippen LogP contribution in [0.25, 0.3) is 11.1 Å². The summed E-state index contributed by atoms with van der Waals surface area (Å²) in [4.78, 5) is 19.7. The fraction of sp³-hybridized carbons (Fsp3) is 0.269. The molecule has 0 atom stereocenters. The first kappa shape index (κ1) is 20.4. The van der Waals surface area contributed by atoms with E-state index in [-0.39, 0.29) is 5.91 Å². The molecule has 0 saturated heterocycles. The highest BCUT2D eigenvalue weighted by Gasteiger charge is 2.21.